The molecule has 1 aromatic heterocycles. The molecule has 2 aliphatic heterocycles. The summed E-state index contributed by atoms with van der Waals surface area (Å²) < 4.78 is 0. The van der Waals surface area contributed by atoms with Crippen LogP contribution in [-0.2, 0) is 4.79 Å². The molecule has 170 valence electrons. The minimum Gasteiger partial charge on any atom is -0.342 e. The number of carbonyl (C=O) groups excluding carboxylic acids is 2. The largest absolute Gasteiger partial charge is 0.342 e. The van der Waals surface area contributed by atoms with Crippen LogP contribution in [0.25, 0.3) is 0 Å². The highest BCUT2D eigenvalue weighted by molar-refractivity contribution is 5.90. The Labute approximate surface area is 191 Å². The molecule has 1 aromatic carbocycles. The highest BCUT2D eigenvalue weighted by Gasteiger charge is 2.33. The van der Waals surface area contributed by atoms with Gasteiger partial charge in [-0.3, -0.25) is 9.78 Å². The molecular weight excluding hydrogens is 400 g/mol. The second-order valence-electron chi connectivity index (χ2n) is 9.74. The van der Waals surface area contributed by atoms with Gasteiger partial charge in [0.1, 0.15) is 0 Å². The van der Waals surface area contributed by atoms with Crippen LogP contribution in [0.5, 0.6) is 0 Å². The van der Waals surface area contributed by atoms with E-state index in [1.54, 1.807) is 6.20 Å². The van der Waals surface area contributed by atoms with E-state index < -0.39 is 0 Å². The van der Waals surface area contributed by atoms with Gasteiger partial charge < -0.3 is 15.1 Å². The van der Waals surface area contributed by atoms with Crippen molar-refractivity contribution in [3.63, 3.8) is 0 Å². The van der Waals surface area contributed by atoms with Gasteiger partial charge in [0.05, 0.1) is 0 Å². The lowest BCUT2D eigenvalue weighted by atomic mass is 9.85. The molecule has 3 amide bonds. The Bertz CT molecular complexity index is 928. The van der Waals surface area contributed by atoms with Crippen molar-refractivity contribution in [1.82, 2.24) is 14.8 Å². The smallest absolute Gasteiger partial charge is 0.321 e. The van der Waals surface area contributed by atoms with Gasteiger partial charge in [-0.25, -0.2) is 4.79 Å². The van der Waals surface area contributed by atoms with Gasteiger partial charge in [-0.2, -0.15) is 0 Å². The molecule has 0 radical (unpaired) electrons. The van der Waals surface area contributed by atoms with Crippen LogP contribution in [-0.4, -0.2) is 52.9 Å². The van der Waals surface area contributed by atoms with Gasteiger partial charge in [0, 0.05) is 55.6 Å². The molecule has 4 rings (SSSR count). The molecule has 3 heterocycles. The van der Waals surface area contributed by atoms with Gasteiger partial charge in [-0.15, -0.1) is 0 Å². The maximum atomic E-state index is 12.7. The number of amides is 3. The van der Waals surface area contributed by atoms with Crippen LogP contribution in [0.2, 0.25) is 0 Å². The van der Waals surface area contributed by atoms with Crippen molar-refractivity contribution in [3.8, 4) is 0 Å². The Morgan fingerprint density at radius 1 is 1.00 bits per heavy atom. The summed E-state index contributed by atoms with van der Waals surface area (Å²) in [5.74, 6) is 1.11. The molecule has 0 bridgehead atoms. The van der Waals surface area contributed by atoms with Crippen LogP contribution >= 0.6 is 0 Å². The average molecular weight is 435 g/mol. The lowest BCUT2D eigenvalue weighted by molar-refractivity contribution is -0.141. The minimum atomic E-state index is -0.277. The van der Waals surface area contributed by atoms with Gasteiger partial charge in [0.2, 0.25) is 5.91 Å². The zero-order valence-electron chi connectivity index (χ0n) is 19.4. The molecule has 6 heteroatoms. The van der Waals surface area contributed by atoms with Crippen molar-refractivity contribution in [1.29, 1.82) is 0 Å². The summed E-state index contributed by atoms with van der Waals surface area (Å²) in [7, 11) is 0. The van der Waals surface area contributed by atoms with Crippen molar-refractivity contribution in [2.24, 2.45) is 5.41 Å². The first-order valence-corrected chi connectivity index (χ1v) is 11.7. The highest BCUT2D eigenvalue weighted by Crippen LogP contribution is 2.32. The van der Waals surface area contributed by atoms with E-state index in [9.17, 15) is 9.59 Å². The number of anilines is 1. The number of nitrogens with one attached hydrogen (secondary N) is 1. The summed E-state index contributed by atoms with van der Waals surface area (Å²) in [5.41, 5.74) is 3.01. The number of benzene rings is 1. The van der Waals surface area contributed by atoms with Crippen LogP contribution < -0.4 is 5.32 Å². The number of likely N-dealkylation sites (tertiary alicyclic amines) is 2. The van der Waals surface area contributed by atoms with Gasteiger partial charge >= 0.3 is 6.03 Å². The molecule has 1 N–H and O–H groups in total. The molecule has 2 aromatic rings. The molecule has 0 unspecified atom stereocenters. The lowest BCUT2D eigenvalue weighted by Gasteiger charge is -2.39. The van der Waals surface area contributed by atoms with E-state index in [0.717, 1.165) is 51.1 Å². The van der Waals surface area contributed by atoms with E-state index >= 15 is 0 Å². The van der Waals surface area contributed by atoms with Crippen LogP contribution in [0.1, 0.15) is 63.0 Å². The number of aromatic nitrogens is 1. The van der Waals surface area contributed by atoms with Crippen LogP contribution in [0.3, 0.4) is 0 Å². The topological polar surface area (TPSA) is 65.5 Å². The zero-order chi connectivity index (χ0) is 22.7. The number of nitrogens with zero attached hydrogens (tertiary/aromatic N) is 3. The van der Waals surface area contributed by atoms with Crippen molar-refractivity contribution in [3.05, 3.63) is 59.9 Å². The molecular formula is C26H34N4O2. The molecule has 32 heavy (non-hydrogen) atoms. The Hall–Kier alpha value is -2.89. The highest BCUT2D eigenvalue weighted by atomic mass is 16.2. The second-order valence-corrected chi connectivity index (χ2v) is 9.74. The fourth-order valence-electron chi connectivity index (χ4n) is 4.51. The Morgan fingerprint density at radius 3 is 2.28 bits per heavy atom. The number of hydrogen-bond acceptors (Lipinski definition) is 3. The van der Waals surface area contributed by atoms with Gasteiger partial charge in [-0.1, -0.05) is 39.0 Å². The molecule has 2 fully saturated rings. The van der Waals surface area contributed by atoms with Crippen molar-refractivity contribution >= 4 is 17.6 Å². The summed E-state index contributed by atoms with van der Waals surface area (Å²) in [4.78, 5) is 33.2. The van der Waals surface area contributed by atoms with Crippen LogP contribution in [0.15, 0.2) is 48.8 Å². The molecule has 0 spiro atoms. The molecule has 2 saturated heterocycles. The number of rotatable bonds is 5. The van der Waals surface area contributed by atoms with Crippen molar-refractivity contribution in [2.75, 3.05) is 31.5 Å². The Kier molecular flexibility index (Phi) is 6.49. The predicted octanol–water partition coefficient (Wildman–Crippen LogP) is 4.86. The average Bonchev–Trinajstić information content (AvgIpc) is 2.79. The van der Waals surface area contributed by atoms with E-state index in [2.05, 4.69) is 35.4 Å². The van der Waals surface area contributed by atoms with Gasteiger partial charge in [0.15, 0.2) is 0 Å². The monoisotopic (exact) mass is 434 g/mol. The molecule has 2 aliphatic rings. The Morgan fingerprint density at radius 2 is 1.69 bits per heavy atom. The maximum Gasteiger partial charge on any atom is 0.321 e. The summed E-state index contributed by atoms with van der Waals surface area (Å²) in [5, 5.41) is 3.01. The fraction of sp³-hybridized carbons (Fsp3) is 0.500. The standard InChI is InChI=1S/C26H34N4O2/c1-4-26(2,3)24(31)29-14-11-20(12-15-29)19-7-9-23(10-8-19)28-25(32)30-17-22(18-30)21-6-5-13-27-16-21/h5-10,13,16,20,22H,4,11-12,14-15,17-18H2,1-3H3,(H,28,32). The third-order valence-corrected chi connectivity index (χ3v) is 7.20. The number of hydrogen-bond donors (Lipinski definition) is 1. The number of pyridine rings is 1. The normalized spacial score (nSPS) is 17.7. The van der Waals surface area contributed by atoms with Crippen molar-refractivity contribution < 1.29 is 9.59 Å². The SMILES string of the molecule is CCC(C)(C)C(=O)N1CCC(c2ccc(NC(=O)N3CC(c4cccnc4)C3)cc2)CC1. The van der Waals surface area contributed by atoms with E-state index in [-0.39, 0.29) is 17.4 Å². The van der Waals surface area contributed by atoms with E-state index in [1.165, 1.54) is 11.1 Å². The van der Waals surface area contributed by atoms with E-state index in [4.69, 9.17) is 0 Å². The fourth-order valence-corrected chi connectivity index (χ4v) is 4.51. The van der Waals surface area contributed by atoms with Crippen LogP contribution in [0.4, 0.5) is 10.5 Å². The molecule has 0 saturated carbocycles. The molecule has 0 atom stereocenters. The van der Waals surface area contributed by atoms with E-state index in [0.29, 0.717) is 11.8 Å². The summed E-state index contributed by atoms with van der Waals surface area (Å²) >= 11 is 0. The third kappa shape index (κ3) is 4.79. The summed E-state index contributed by atoms with van der Waals surface area (Å²) in [6, 6.07) is 12.2. The predicted molar refractivity (Wildman–Crippen MR) is 127 cm³/mol. The number of urea groups is 1. The van der Waals surface area contributed by atoms with Gasteiger partial charge in [-0.05, 0) is 54.5 Å². The molecule has 6 nitrogen and oxygen atoms in total. The number of carbonyl (C=O) groups is 2. The first kappa shape index (κ1) is 22.3. The summed E-state index contributed by atoms with van der Waals surface area (Å²) in [6.07, 6.45) is 6.48. The van der Waals surface area contributed by atoms with Gasteiger partial charge in [0.25, 0.3) is 0 Å². The quantitative estimate of drug-likeness (QED) is 0.731. The maximum absolute atomic E-state index is 12.7. The summed E-state index contributed by atoms with van der Waals surface area (Å²) in [6.45, 7) is 9.23. The third-order valence-electron chi connectivity index (χ3n) is 7.20. The first-order chi connectivity index (χ1) is 15.4. The Balaban J connectivity index is 1.25. The second kappa shape index (κ2) is 9.31. The lowest BCUT2D eigenvalue weighted by Crippen LogP contribution is -2.50. The van der Waals surface area contributed by atoms with Crippen molar-refractivity contribution in [2.45, 2.75) is 51.9 Å². The molecule has 0 aliphatic carbocycles. The first-order valence-electron chi connectivity index (χ1n) is 11.7. The van der Waals surface area contributed by atoms with E-state index in [1.807, 2.05) is 48.0 Å². The van der Waals surface area contributed by atoms with Crippen LogP contribution in [0, 0.1) is 5.41 Å². The zero-order valence-corrected chi connectivity index (χ0v) is 19.4. The minimum absolute atomic E-state index is 0.0525. The number of piperidine rings is 1.